The van der Waals surface area contributed by atoms with Gasteiger partial charge in [0.1, 0.15) is 0 Å². The van der Waals surface area contributed by atoms with Crippen molar-refractivity contribution >= 4 is 44.8 Å². The molecule has 0 saturated carbocycles. The van der Waals surface area contributed by atoms with Crippen LogP contribution in [-0.4, -0.2) is 26.3 Å². The van der Waals surface area contributed by atoms with Gasteiger partial charge in [0.05, 0.1) is 10.9 Å². The van der Waals surface area contributed by atoms with Gasteiger partial charge >= 0.3 is 0 Å². The van der Waals surface area contributed by atoms with Crippen molar-refractivity contribution < 1.29 is 18.0 Å². The molecule has 2 rings (SSSR count). The van der Waals surface area contributed by atoms with Crippen LogP contribution in [0.25, 0.3) is 0 Å². The van der Waals surface area contributed by atoms with Gasteiger partial charge in [-0.25, -0.2) is 8.42 Å². The molecular formula is C20H24ClN3O4S. The van der Waals surface area contributed by atoms with Crippen LogP contribution in [0.3, 0.4) is 0 Å². The van der Waals surface area contributed by atoms with Crippen molar-refractivity contribution in [1.82, 2.24) is 4.72 Å². The lowest BCUT2D eigenvalue weighted by molar-refractivity contribution is -0.118. The normalized spacial score (nSPS) is 12.4. The Morgan fingerprint density at radius 3 is 1.93 bits per heavy atom. The first-order valence-electron chi connectivity index (χ1n) is 9.05. The summed E-state index contributed by atoms with van der Waals surface area (Å²) in [6.07, 6.45) is 0.420. The molecule has 1 atom stereocenters. The summed E-state index contributed by atoms with van der Waals surface area (Å²) in [5.41, 5.74) is 1.10. The van der Waals surface area contributed by atoms with Gasteiger partial charge in [-0.1, -0.05) is 25.4 Å². The molecule has 156 valence electrons. The predicted octanol–water partition coefficient (Wildman–Crippen LogP) is 3.63. The molecular weight excluding hydrogens is 414 g/mol. The van der Waals surface area contributed by atoms with E-state index in [1.165, 1.54) is 31.2 Å². The molecule has 0 spiro atoms. The molecule has 0 bridgehead atoms. The van der Waals surface area contributed by atoms with Crippen LogP contribution in [0.15, 0.2) is 53.4 Å². The van der Waals surface area contributed by atoms with Gasteiger partial charge in [0.25, 0.3) is 0 Å². The van der Waals surface area contributed by atoms with Gasteiger partial charge in [-0.15, -0.1) is 0 Å². The summed E-state index contributed by atoms with van der Waals surface area (Å²) < 4.78 is 27.0. The molecule has 0 aliphatic heterocycles. The fourth-order valence-electron chi connectivity index (χ4n) is 2.44. The highest BCUT2D eigenvalue weighted by Crippen LogP contribution is 2.16. The van der Waals surface area contributed by atoms with E-state index in [-0.39, 0.29) is 16.7 Å². The number of anilines is 2. The standard InChI is InChI=1S/C20H24ClN3O4S/c1-13(2)12-19(25)22-16-6-8-17(9-7-16)23-20(26)14(3)24-29(27,28)18-10-4-15(21)5-11-18/h4-11,13-14,24H,12H2,1-3H3,(H,22,25)(H,23,26)/t14-/m0/s1. The monoisotopic (exact) mass is 437 g/mol. The SMILES string of the molecule is CC(C)CC(=O)Nc1ccc(NC(=O)[C@H](C)NS(=O)(=O)c2ccc(Cl)cc2)cc1. The Labute approximate surface area is 175 Å². The molecule has 0 heterocycles. The number of rotatable bonds is 8. The van der Waals surface area contributed by atoms with Gasteiger partial charge in [-0.05, 0) is 61.4 Å². The lowest BCUT2D eigenvalue weighted by atomic mass is 10.1. The molecule has 0 aromatic heterocycles. The number of nitrogens with one attached hydrogen (secondary N) is 3. The van der Waals surface area contributed by atoms with Gasteiger partial charge in [0.15, 0.2) is 0 Å². The molecule has 0 unspecified atom stereocenters. The van der Waals surface area contributed by atoms with E-state index in [0.717, 1.165) is 0 Å². The van der Waals surface area contributed by atoms with E-state index < -0.39 is 22.0 Å². The van der Waals surface area contributed by atoms with E-state index in [1.54, 1.807) is 24.3 Å². The zero-order chi connectivity index (χ0) is 21.6. The molecule has 9 heteroatoms. The van der Waals surface area contributed by atoms with Crippen molar-refractivity contribution in [3.63, 3.8) is 0 Å². The number of carbonyl (C=O) groups is 2. The lowest BCUT2D eigenvalue weighted by Gasteiger charge is -2.15. The minimum absolute atomic E-state index is 0.0167. The molecule has 2 amide bonds. The fourth-order valence-corrected chi connectivity index (χ4v) is 3.77. The van der Waals surface area contributed by atoms with E-state index in [0.29, 0.717) is 22.8 Å². The largest absolute Gasteiger partial charge is 0.326 e. The zero-order valence-electron chi connectivity index (χ0n) is 16.4. The maximum atomic E-state index is 12.4. The van der Waals surface area contributed by atoms with Crippen LogP contribution < -0.4 is 15.4 Å². The van der Waals surface area contributed by atoms with Crippen molar-refractivity contribution in [2.45, 2.75) is 38.1 Å². The van der Waals surface area contributed by atoms with Crippen LogP contribution in [0.5, 0.6) is 0 Å². The third kappa shape index (κ3) is 7.16. The Hall–Kier alpha value is -2.42. The van der Waals surface area contributed by atoms with Gasteiger partial charge < -0.3 is 10.6 Å². The first kappa shape index (κ1) is 22.9. The predicted molar refractivity (Wildman–Crippen MR) is 114 cm³/mol. The van der Waals surface area contributed by atoms with Gasteiger partial charge in [-0.2, -0.15) is 4.72 Å². The summed E-state index contributed by atoms with van der Waals surface area (Å²) in [7, 11) is -3.86. The molecule has 29 heavy (non-hydrogen) atoms. The third-order valence-corrected chi connectivity index (χ3v) is 5.69. The summed E-state index contributed by atoms with van der Waals surface area (Å²) in [6, 6.07) is 11.2. The molecule has 2 aromatic carbocycles. The maximum absolute atomic E-state index is 12.4. The average Bonchev–Trinajstić information content (AvgIpc) is 2.62. The van der Waals surface area contributed by atoms with E-state index in [9.17, 15) is 18.0 Å². The van der Waals surface area contributed by atoms with Crippen LogP contribution in [0, 0.1) is 5.92 Å². The van der Waals surface area contributed by atoms with Crippen LogP contribution in [-0.2, 0) is 19.6 Å². The van der Waals surface area contributed by atoms with Crippen LogP contribution in [0.4, 0.5) is 11.4 Å². The number of benzene rings is 2. The number of sulfonamides is 1. The molecule has 0 aliphatic carbocycles. The highest BCUT2D eigenvalue weighted by Gasteiger charge is 2.22. The van der Waals surface area contributed by atoms with E-state index in [2.05, 4.69) is 15.4 Å². The number of halogens is 1. The van der Waals surface area contributed by atoms with E-state index >= 15 is 0 Å². The minimum atomic E-state index is -3.86. The fraction of sp³-hybridized carbons (Fsp3) is 0.300. The number of amides is 2. The summed E-state index contributed by atoms with van der Waals surface area (Å²) in [6.45, 7) is 5.37. The number of hydrogen-bond donors (Lipinski definition) is 3. The minimum Gasteiger partial charge on any atom is -0.326 e. The average molecular weight is 438 g/mol. The van der Waals surface area contributed by atoms with Crippen molar-refractivity contribution in [3.05, 3.63) is 53.6 Å². The van der Waals surface area contributed by atoms with Gasteiger partial charge in [-0.3, -0.25) is 9.59 Å². The molecule has 2 aromatic rings. The lowest BCUT2D eigenvalue weighted by Crippen LogP contribution is -2.41. The third-order valence-electron chi connectivity index (χ3n) is 3.88. The van der Waals surface area contributed by atoms with E-state index in [4.69, 9.17) is 11.6 Å². The quantitative estimate of drug-likeness (QED) is 0.586. The molecule has 0 radical (unpaired) electrons. The molecule has 3 N–H and O–H groups in total. The topological polar surface area (TPSA) is 104 Å². The maximum Gasteiger partial charge on any atom is 0.242 e. The van der Waals surface area contributed by atoms with Crippen molar-refractivity contribution in [1.29, 1.82) is 0 Å². The van der Waals surface area contributed by atoms with E-state index in [1.807, 2.05) is 13.8 Å². The summed E-state index contributed by atoms with van der Waals surface area (Å²) in [5, 5.41) is 5.83. The Morgan fingerprint density at radius 2 is 1.41 bits per heavy atom. The Morgan fingerprint density at radius 1 is 0.897 bits per heavy atom. The molecule has 7 nitrogen and oxygen atoms in total. The summed E-state index contributed by atoms with van der Waals surface area (Å²) in [4.78, 5) is 24.1. The number of hydrogen-bond acceptors (Lipinski definition) is 4. The van der Waals surface area contributed by atoms with Crippen LogP contribution in [0.1, 0.15) is 27.2 Å². The molecule has 0 aliphatic rings. The molecule has 0 saturated heterocycles. The highest BCUT2D eigenvalue weighted by molar-refractivity contribution is 7.89. The molecule has 0 fully saturated rings. The Bertz CT molecular complexity index is 958. The smallest absolute Gasteiger partial charge is 0.242 e. The second-order valence-corrected chi connectivity index (χ2v) is 9.16. The van der Waals surface area contributed by atoms with Gasteiger partial charge in [0.2, 0.25) is 21.8 Å². The second-order valence-electron chi connectivity index (χ2n) is 7.01. The second kappa shape index (κ2) is 9.87. The summed E-state index contributed by atoms with van der Waals surface area (Å²) in [5.74, 6) is -0.340. The Balaban J connectivity index is 1.95. The van der Waals surface area contributed by atoms with Crippen molar-refractivity contribution in [3.8, 4) is 0 Å². The van der Waals surface area contributed by atoms with Crippen molar-refractivity contribution in [2.75, 3.05) is 10.6 Å². The summed E-state index contributed by atoms with van der Waals surface area (Å²) >= 11 is 5.77. The van der Waals surface area contributed by atoms with Crippen molar-refractivity contribution in [2.24, 2.45) is 5.92 Å². The van der Waals surface area contributed by atoms with Crippen LogP contribution >= 0.6 is 11.6 Å². The van der Waals surface area contributed by atoms with Gasteiger partial charge in [0, 0.05) is 22.8 Å². The first-order valence-corrected chi connectivity index (χ1v) is 10.9. The Kier molecular flexibility index (Phi) is 7.78. The van der Waals surface area contributed by atoms with Crippen LogP contribution in [0.2, 0.25) is 5.02 Å². The number of carbonyl (C=O) groups excluding carboxylic acids is 2. The first-order chi connectivity index (χ1) is 13.6. The highest BCUT2D eigenvalue weighted by atomic mass is 35.5. The zero-order valence-corrected chi connectivity index (χ0v) is 18.0.